The molecule has 0 aliphatic rings. The van der Waals surface area contributed by atoms with Crippen LogP contribution in [0.2, 0.25) is 0 Å². The molecule has 0 radical (unpaired) electrons. The molecule has 14 heavy (non-hydrogen) atoms. The summed E-state index contributed by atoms with van der Waals surface area (Å²) in [4.78, 5) is 11.1. The molecule has 0 fully saturated rings. The topological polar surface area (TPSA) is 50.1 Å². The van der Waals surface area contributed by atoms with E-state index in [9.17, 15) is 4.79 Å². The SMILES string of the molecule is CCCCCC(C)=C(C#N)C(=O)OC. The van der Waals surface area contributed by atoms with Gasteiger partial charge in [-0.3, -0.25) is 0 Å². The summed E-state index contributed by atoms with van der Waals surface area (Å²) >= 11 is 0. The summed E-state index contributed by atoms with van der Waals surface area (Å²) in [6, 6.07) is 1.88. The second-order valence-electron chi connectivity index (χ2n) is 3.22. The predicted molar refractivity (Wildman–Crippen MR) is 54.5 cm³/mol. The molecule has 0 heterocycles. The van der Waals surface area contributed by atoms with E-state index in [4.69, 9.17) is 5.26 Å². The molecule has 0 unspecified atom stereocenters. The molecule has 0 atom stereocenters. The Morgan fingerprint density at radius 2 is 2.07 bits per heavy atom. The largest absolute Gasteiger partial charge is 0.465 e. The van der Waals surface area contributed by atoms with Gasteiger partial charge in [-0.05, 0) is 25.3 Å². The van der Waals surface area contributed by atoms with Crippen molar-refractivity contribution in [2.75, 3.05) is 7.11 Å². The predicted octanol–water partition coefficient (Wildman–Crippen LogP) is 2.58. The quantitative estimate of drug-likeness (QED) is 0.293. The van der Waals surface area contributed by atoms with E-state index in [0.717, 1.165) is 31.3 Å². The molecule has 0 rings (SSSR count). The molecule has 78 valence electrons. The van der Waals surface area contributed by atoms with Gasteiger partial charge in [-0.25, -0.2) is 4.79 Å². The minimum atomic E-state index is -0.526. The van der Waals surface area contributed by atoms with Gasteiger partial charge in [0.1, 0.15) is 11.6 Å². The van der Waals surface area contributed by atoms with Gasteiger partial charge in [-0.2, -0.15) is 5.26 Å². The van der Waals surface area contributed by atoms with Crippen molar-refractivity contribution in [3.8, 4) is 6.07 Å². The molecule has 0 aromatic rings. The van der Waals surface area contributed by atoms with Crippen LogP contribution in [0, 0.1) is 11.3 Å². The monoisotopic (exact) mass is 195 g/mol. The number of allylic oxidation sites excluding steroid dienone is 1. The Kier molecular flexibility index (Phi) is 6.47. The first-order valence-corrected chi connectivity index (χ1v) is 4.85. The summed E-state index contributed by atoms with van der Waals surface area (Å²) in [5.41, 5.74) is 0.983. The first kappa shape index (κ1) is 12.7. The molecule has 0 amide bonds. The van der Waals surface area contributed by atoms with Gasteiger partial charge in [-0.15, -0.1) is 0 Å². The fraction of sp³-hybridized carbons (Fsp3) is 0.636. The third-order valence-corrected chi connectivity index (χ3v) is 2.08. The second-order valence-corrected chi connectivity index (χ2v) is 3.22. The number of nitriles is 1. The molecule has 0 N–H and O–H groups in total. The Balaban J connectivity index is 4.37. The van der Waals surface area contributed by atoms with E-state index < -0.39 is 5.97 Å². The van der Waals surface area contributed by atoms with E-state index in [1.165, 1.54) is 7.11 Å². The van der Waals surface area contributed by atoms with Gasteiger partial charge in [0.15, 0.2) is 0 Å². The molecule has 3 heteroatoms. The fourth-order valence-electron chi connectivity index (χ4n) is 1.18. The fourth-order valence-corrected chi connectivity index (χ4v) is 1.18. The lowest BCUT2D eigenvalue weighted by atomic mass is 10.0. The summed E-state index contributed by atoms with van der Waals surface area (Å²) in [6.07, 6.45) is 4.07. The van der Waals surface area contributed by atoms with E-state index in [0.29, 0.717) is 0 Å². The Bertz CT molecular complexity index is 261. The van der Waals surface area contributed by atoms with Crippen molar-refractivity contribution in [1.29, 1.82) is 5.26 Å². The number of rotatable bonds is 5. The van der Waals surface area contributed by atoms with Gasteiger partial charge in [-0.1, -0.05) is 19.8 Å². The number of esters is 1. The Labute approximate surface area is 85.4 Å². The summed E-state index contributed by atoms with van der Waals surface area (Å²) < 4.78 is 4.51. The van der Waals surface area contributed by atoms with Crippen molar-refractivity contribution in [2.45, 2.75) is 39.5 Å². The zero-order valence-corrected chi connectivity index (χ0v) is 9.09. The number of carbonyl (C=O) groups is 1. The summed E-state index contributed by atoms with van der Waals surface area (Å²) in [5, 5.41) is 8.75. The summed E-state index contributed by atoms with van der Waals surface area (Å²) in [6.45, 7) is 3.93. The van der Waals surface area contributed by atoms with Crippen LogP contribution in [-0.2, 0) is 9.53 Å². The van der Waals surface area contributed by atoms with Crippen LogP contribution in [0.25, 0.3) is 0 Å². The molecule has 3 nitrogen and oxygen atoms in total. The zero-order valence-electron chi connectivity index (χ0n) is 9.09. The smallest absolute Gasteiger partial charge is 0.348 e. The highest BCUT2D eigenvalue weighted by molar-refractivity contribution is 5.93. The number of methoxy groups -OCH3 is 1. The lowest BCUT2D eigenvalue weighted by Crippen LogP contribution is -2.05. The molecule has 0 aromatic carbocycles. The van der Waals surface area contributed by atoms with Gasteiger partial charge < -0.3 is 4.74 Å². The van der Waals surface area contributed by atoms with Crippen LogP contribution in [0.5, 0.6) is 0 Å². The van der Waals surface area contributed by atoms with Crippen LogP contribution < -0.4 is 0 Å². The number of carbonyl (C=O) groups excluding carboxylic acids is 1. The molecular formula is C11H17NO2. The number of hydrogen-bond donors (Lipinski definition) is 0. The van der Waals surface area contributed by atoms with E-state index in [-0.39, 0.29) is 5.57 Å². The lowest BCUT2D eigenvalue weighted by molar-refractivity contribution is -0.135. The van der Waals surface area contributed by atoms with Gasteiger partial charge in [0.2, 0.25) is 0 Å². The van der Waals surface area contributed by atoms with E-state index in [1.54, 1.807) is 0 Å². The van der Waals surface area contributed by atoms with Crippen molar-refractivity contribution < 1.29 is 9.53 Å². The van der Waals surface area contributed by atoms with Crippen molar-refractivity contribution in [1.82, 2.24) is 0 Å². The van der Waals surface area contributed by atoms with E-state index in [1.807, 2.05) is 13.0 Å². The zero-order chi connectivity index (χ0) is 11.0. The average molecular weight is 195 g/mol. The summed E-state index contributed by atoms with van der Waals surface area (Å²) in [7, 11) is 1.29. The van der Waals surface area contributed by atoms with Crippen LogP contribution in [0.1, 0.15) is 39.5 Å². The van der Waals surface area contributed by atoms with E-state index >= 15 is 0 Å². The Morgan fingerprint density at radius 3 is 2.50 bits per heavy atom. The molecule has 0 saturated heterocycles. The van der Waals surface area contributed by atoms with Crippen LogP contribution in [0.4, 0.5) is 0 Å². The molecule has 0 spiro atoms. The van der Waals surface area contributed by atoms with Crippen LogP contribution in [-0.4, -0.2) is 13.1 Å². The van der Waals surface area contributed by atoms with Crippen LogP contribution in [0.3, 0.4) is 0 Å². The van der Waals surface area contributed by atoms with Crippen molar-refractivity contribution in [3.05, 3.63) is 11.1 Å². The van der Waals surface area contributed by atoms with Crippen LogP contribution >= 0.6 is 0 Å². The standard InChI is InChI=1S/C11H17NO2/c1-4-5-6-7-9(2)10(8-12)11(13)14-3/h4-7H2,1-3H3. The molecule has 0 aromatic heterocycles. The normalized spacial score (nSPS) is 11.6. The highest BCUT2D eigenvalue weighted by Crippen LogP contribution is 2.13. The van der Waals surface area contributed by atoms with Crippen molar-refractivity contribution in [2.24, 2.45) is 0 Å². The molecule has 0 aliphatic carbocycles. The van der Waals surface area contributed by atoms with Gasteiger partial charge in [0.05, 0.1) is 7.11 Å². The van der Waals surface area contributed by atoms with Gasteiger partial charge in [0.25, 0.3) is 0 Å². The average Bonchev–Trinajstić information content (AvgIpc) is 2.19. The molecular weight excluding hydrogens is 178 g/mol. The Morgan fingerprint density at radius 1 is 1.43 bits per heavy atom. The number of hydrogen-bond acceptors (Lipinski definition) is 3. The molecule has 0 saturated carbocycles. The third kappa shape index (κ3) is 4.08. The first-order valence-electron chi connectivity index (χ1n) is 4.85. The number of nitrogens with zero attached hydrogens (tertiary/aromatic N) is 1. The van der Waals surface area contributed by atoms with E-state index in [2.05, 4.69) is 11.7 Å². The minimum Gasteiger partial charge on any atom is -0.465 e. The first-order chi connectivity index (χ1) is 6.67. The third-order valence-electron chi connectivity index (χ3n) is 2.08. The Hall–Kier alpha value is -1.30. The highest BCUT2D eigenvalue weighted by atomic mass is 16.5. The van der Waals surface area contributed by atoms with Crippen molar-refractivity contribution >= 4 is 5.97 Å². The van der Waals surface area contributed by atoms with Gasteiger partial charge in [0, 0.05) is 0 Å². The number of ether oxygens (including phenoxy) is 1. The second kappa shape index (κ2) is 7.14. The number of unbranched alkanes of at least 4 members (excludes halogenated alkanes) is 2. The van der Waals surface area contributed by atoms with Crippen molar-refractivity contribution in [3.63, 3.8) is 0 Å². The minimum absolute atomic E-state index is 0.156. The lowest BCUT2D eigenvalue weighted by Gasteiger charge is -2.03. The molecule has 0 aliphatic heterocycles. The molecule has 0 bridgehead atoms. The summed E-state index contributed by atoms with van der Waals surface area (Å²) in [5.74, 6) is -0.526. The maximum absolute atomic E-state index is 11.1. The maximum atomic E-state index is 11.1. The van der Waals surface area contributed by atoms with Crippen LogP contribution in [0.15, 0.2) is 11.1 Å². The van der Waals surface area contributed by atoms with Gasteiger partial charge >= 0.3 is 5.97 Å². The highest BCUT2D eigenvalue weighted by Gasteiger charge is 2.11. The maximum Gasteiger partial charge on any atom is 0.348 e.